The second-order valence-electron chi connectivity index (χ2n) is 5.90. The summed E-state index contributed by atoms with van der Waals surface area (Å²) in [7, 11) is 0. The van der Waals surface area contributed by atoms with Crippen molar-refractivity contribution in [1.29, 1.82) is 0 Å². The number of halogens is 1. The van der Waals surface area contributed by atoms with Gasteiger partial charge in [-0.05, 0) is 30.9 Å². The van der Waals surface area contributed by atoms with Crippen molar-refractivity contribution >= 4 is 29.9 Å². The minimum Gasteiger partial charge on any atom is -0.469 e. The maximum atomic E-state index is 8.76. The van der Waals surface area contributed by atoms with E-state index in [0.717, 1.165) is 63.5 Å². The third-order valence-corrected chi connectivity index (χ3v) is 3.24. The van der Waals surface area contributed by atoms with Gasteiger partial charge in [0.2, 0.25) is 0 Å². The molecule has 0 amide bonds. The molecule has 1 aromatic heterocycles. The van der Waals surface area contributed by atoms with Crippen molar-refractivity contribution in [3.05, 3.63) is 24.2 Å². The number of guanidine groups is 1. The summed E-state index contributed by atoms with van der Waals surface area (Å²) in [6.45, 7) is 7.17. The number of nitrogens with one attached hydrogen (secondary N) is 2. The smallest absolute Gasteiger partial charge is 0.191 e. The Labute approximate surface area is 157 Å². The van der Waals surface area contributed by atoms with Crippen LogP contribution < -0.4 is 10.6 Å². The van der Waals surface area contributed by atoms with Crippen LogP contribution in [0.3, 0.4) is 0 Å². The van der Waals surface area contributed by atoms with E-state index in [0.29, 0.717) is 12.5 Å². The van der Waals surface area contributed by atoms with E-state index in [1.165, 1.54) is 0 Å². The van der Waals surface area contributed by atoms with Crippen molar-refractivity contribution in [3.8, 4) is 0 Å². The molecule has 0 radical (unpaired) electrons. The molecule has 0 aliphatic rings. The molecule has 1 rings (SSSR count). The second kappa shape index (κ2) is 14.8. The van der Waals surface area contributed by atoms with Gasteiger partial charge >= 0.3 is 0 Å². The van der Waals surface area contributed by atoms with E-state index < -0.39 is 0 Å². The van der Waals surface area contributed by atoms with E-state index in [-0.39, 0.29) is 24.0 Å². The Kier molecular flexibility index (Phi) is 14.3. The van der Waals surface area contributed by atoms with Crippen molar-refractivity contribution in [3.63, 3.8) is 0 Å². The maximum absolute atomic E-state index is 8.76. The van der Waals surface area contributed by atoms with E-state index in [2.05, 4.69) is 29.5 Å². The molecular weight excluding hydrogens is 405 g/mol. The highest BCUT2D eigenvalue weighted by molar-refractivity contribution is 14.0. The predicted molar refractivity (Wildman–Crippen MR) is 107 cm³/mol. The van der Waals surface area contributed by atoms with Gasteiger partial charge in [0, 0.05) is 32.7 Å². The zero-order chi connectivity index (χ0) is 16.0. The van der Waals surface area contributed by atoms with Gasteiger partial charge in [0.15, 0.2) is 5.96 Å². The van der Waals surface area contributed by atoms with Crippen LogP contribution in [0.4, 0.5) is 0 Å². The quantitative estimate of drug-likeness (QED) is 0.215. The summed E-state index contributed by atoms with van der Waals surface area (Å²) in [6, 6.07) is 3.90. The lowest BCUT2D eigenvalue weighted by molar-refractivity contribution is 0.282. The number of furan rings is 1. The van der Waals surface area contributed by atoms with E-state index in [4.69, 9.17) is 9.52 Å². The van der Waals surface area contributed by atoms with Crippen LogP contribution in [0.15, 0.2) is 27.8 Å². The van der Waals surface area contributed by atoms with Crippen LogP contribution in [-0.2, 0) is 6.42 Å². The SMILES string of the molecule is CC(C)CN=C(NCCCCCCO)NCCc1ccco1.I. The highest BCUT2D eigenvalue weighted by Crippen LogP contribution is 2.00. The fourth-order valence-electron chi connectivity index (χ4n) is 2.00. The van der Waals surface area contributed by atoms with Crippen LogP contribution in [0.5, 0.6) is 0 Å². The third kappa shape index (κ3) is 12.3. The van der Waals surface area contributed by atoms with Crippen molar-refractivity contribution in [1.82, 2.24) is 10.6 Å². The molecule has 1 aromatic rings. The van der Waals surface area contributed by atoms with Gasteiger partial charge in [-0.1, -0.05) is 26.7 Å². The van der Waals surface area contributed by atoms with Gasteiger partial charge in [-0.2, -0.15) is 0 Å². The number of rotatable bonds is 11. The minimum atomic E-state index is 0. The van der Waals surface area contributed by atoms with Crippen molar-refractivity contribution in [2.45, 2.75) is 46.0 Å². The summed E-state index contributed by atoms with van der Waals surface area (Å²) in [6.07, 6.45) is 6.77. The average molecular weight is 437 g/mol. The Bertz CT molecular complexity index is 395. The molecular formula is C17H32IN3O2. The normalized spacial score (nSPS) is 11.4. The fraction of sp³-hybridized carbons (Fsp3) is 0.706. The van der Waals surface area contributed by atoms with Crippen LogP contribution in [0.25, 0.3) is 0 Å². The molecule has 5 nitrogen and oxygen atoms in total. The molecule has 0 saturated heterocycles. The highest BCUT2D eigenvalue weighted by atomic mass is 127. The van der Waals surface area contributed by atoms with Gasteiger partial charge in [-0.3, -0.25) is 4.99 Å². The summed E-state index contributed by atoms with van der Waals surface area (Å²) >= 11 is 0. The number of hydrogen-bond acceptors (Lipinski definition) is 3. The van der Waals surface area contributed by atoms with Gasteiger partial charge < -0.3 is 20.2 Å². The average Bonchev–Trinajstić information content (AvgIpc) is 3.00. The lowest BCUT2D eigenvalue weighted by Crippen LogP contribution is -2.39. The molecule has 0 saturated carbocycles. The lowest BCUT2D eigenvalue weighted by atomic mass is 10.2. The fourth-order valence-corrected chi connectivity index (χ4v) is 2.00. The van der Waals surface area contributed by atoms with Gasteiger partial charge in [-0.25, -0.2) is 0 Å². The summed E-state index contributed by atoms with van der Waals surface area (Å²) in [5, 5.41) is 15.5. The van der Waals surface area contributed by atoms with Gasteiger partial charge in [0.05, 0.1) is 6.26 Å². The molecule has 0 atom stereocenters. The van der Waals surface area contributed by atoms with E-state index in [9.17, 15) is 0 Å². The zero-order valence-electron chi connectivity index (χ0n) is 14.4. The first-order valence-electron chi connectivity index (χ1n) is 8.37. The predicted octanol–water partition coefficient (Wildman–Crippen LogP) is 3.18. The number of unbranched alkanes of at least 4 members (excludes halogenated alkanes) is 3. The number of aliphatic imine (C=N–C) groups is 1. The summed E-state index contributed by atoms with van der Waals surface area (Å²) in [5.41, 5.74) is 0. The Morgan fingerprint density at radius 1 is 1.17 bits per heavy atom. The summed E-state index contributed by atoms with van der Waals surface area (Å²) < 4.78 is 5.33. The van der Waals surface area contributed by atoms with Gasteiger partial charge in [0.25, 0.3) is 0 Å². The van der Waals surface area contributed by atoms with Crippen LogP contribution in [0.1, 0.15) is 45.3 Å². The topological polar surface area (TPSA) is 69.8 Å². The summed E-state index contributed by atoms with van der Waals surface area (Å²) in [5.74, 6) is 2.41. The molecule has 0 fully saturated rings. The molecule has 0 bridgehead atoms. The number of nitrogens with zero attached hydrogens (tertiary/aromatic N) is 1. The van der Waals surface area contributed by atoms with Crippen LogP contribution >= 0.6 is 24.0 Å². The van der Waals surface area contributed by atoms with Crippen molar-refractivity contribution in [2.24, 2.45) is 10.9 Å². The van der Waals surface area contributed by atoms with E-state index >= 15 is 0 Å². The van der Waals surface area contributed by atoms with Crippen LogP contribution in [0, 0.1) is 5.92 Å². The molecule has 6 heteroatoms. The molecule has 0 unspecified atom stereocenters. The molecule has 134 valence electrons. The molecule has 23 heavy (non-hydrogen) atoms. The van der Waals surface area contributed by atoms with Gasteiger partial charge in [0.1, 0.15) is 5.76 Å². The monoisotopic (exact) mass is 437 g/mol. The minimum absolute atomic E-state index is 0. The standard InChI is InChI=1S/C17H31N3O2.HI/c1-15(2)14-20-17(18-10-5-3-4-6-12-21)19-11-9-16-8-7-13-22-16;/h7-8,13,15,21H,3-6,9-12,14H2,1-2H3,(H2,18,19,20);1H. The highest BCUT2D eigenvalue weighted by Gasteiger charge is 2.01. The van der Waals surface area contributed by atoms with Crippen molar-refractivity contribution < 1.29 is 9.52 Å². The second-order valence-corrected chi connectivity index (χ2v) is 5.90. The van der Waals surface area contributed by atoms with E-state index in [1.54, 1.807) is 6.26 Å². The first kappa shape index (κ1) is 22.2. The third-order valence-electron chi connectivity index (χ3n) is 3.24. The zero-order valence-corrected chi connectivity index (χ0v) is 16.7. The van der Waals surface area contributed by atoms with Crippen molar-refractivity contribution in [2.75, 3.05) is 26.2 Å². The number of aliphatic hydroxyl groups excluding tert-OH is 1. The molecule has 0 aromatic carbocycles. The number of aliphatic hydroxyl groups is 1. The largest absolute Gasteiger partial charge is 0.469 e. The Hall–Kier alpha value is -0.760. The summed E-state index contributed by atoms with van der Waals surface area (Å²) in [4.78, 5) is 4.60. The Balaban J connectivity index is 0.00000484. The number of hydrogen-bond donors (Lipinski definition) is 3. The Morgan fingerprint density at radius 3 is 2.57 bits per heavy atom. The molecule has 0 aliphatic heterocycles. The molecule has 1 heterocycles. The molecule has 0 aliphatic carbocycles. The van der Waals surface area contributed by atoms with E-state index in [1.807, 2.05) is 12.1 Å². The molecule has 3 N–H and O–H groups in total. The lowest BCUT2D eigenvalue weighted by Gasteiger charge is -2.13. The van der Waals surface area contributed by atoms with Gasteiger partial charge in [-0.15, -0.1) is 24.0 Å². The Morgan fingerprint density at radius 2 is 1.91 bits per heavy atom. The first-order valence-corrected chi connectivity index (χ1v) is 8.37. The van der Waals surface area contributed by atoms with Crippen LogP contribution in [0.2, 0.25) is 0 Å². The first-order chi connectivity index (χ1) is 10.7. The van der Waals surface area contributed by atoms with Crippen LogP contribution in [-0.4, -0.2) is 37.3 Å². The molecule has 0 spiro atoms. The maximum Gasteiger partial charge on any atom is 0.191 e.